The topological polar surface area (TPSA) is 55.1 Å². The molecule has 2 aromatic rings. The van der Waals surface area contributed by atoms with Gasteiger partial charge in [0.15, 0.2) is 23.2 Å². The number of nitrogens with one attached hydrogen (secondary N) is 1. The van der Waals surface area contributed by atoms with Crippen LogP contribution in [-0.4, -0.2) is 5.78 Å². The molecule has 6 heteroatoms. The van der Waals surface area contributed by atoms with Crippen LogP contribution in [0.15, 0.2) is 30.3 Å². The molecule has 0 saturated heterocycles. The van der Waals surface area contributed by atoms with Gasteiger partial charge in [-0.25, -0.2) is 13.2 Å². The lowest BCUT2D eigenvalue weighted by atomic mass is 10.1. The number of Topliss-reactive ketones (excluding diaryl/α,β-unsaturated/α-hetero) is 1. The van der Waals surface area contributed by atoms with Gasteiger partial charge in [-0.3, -0.25) is 4.79 Å². The Hall–Kier alpha value is -2.50. The van der Waals surface area contributed by atoms with Crippen LogP contribution in [0.2, 0.25) is 0 Å². The Morgan fingerprint density at radius 2 is 1.80 bits per heavy atom. The highest BCUT2D eigenvalue weighted by Crippen LogP contribution is 2.25. The normalized spacial score (nSPS) is 10.4. The van der Waals surface area contributed by atoms with Gasteiger partial charge in [-0.2, -0.15) is 0 Å². The first-order chi connectivity index (χ1) is 9.40. The Morgan fingerprint density at radius 1 is 1.10 bits per heavy atom. The van der Waals surface area contributed by atoms with E-state index in [9.17, 15) is 18.0 Å². The number of nitrogen functional groups attached to an aromatic ring is 1. The molecular formula is C14H11F3N2O. The Labute approximate surface area is 113 Å². The molecule has 0 spiro atoms. The van der Waals surface area contributed by atoms with Gasteiger partial charge in [0.05, 0.1) is 5.69 Å². The fraction of sp³-hybridized carbons (Fsp3) is 0.0714. The van der Waals surface area contributed by atoms with Crippen LogP contribution in [0.5, 0.6) is 0 Å². The van der Waals surface area contributed by atoms with Crippen molar-refractivity contribution < 1.29 is 18.0 Å². The van der Waals surface area contributed by atoms with E-state index in [1.165, 1.54) is 25.1 Å². The Kier molecular flexibility index (Phi) is 3.65. The minimum absolute atomic E-state index is 0.201. The Balaban J connectivity index is 2.34. The Morgan fingerprint density at radius 3 is 2.40 bits per heavy atom. The van der Waals surface area contributed by atoms with Crippen molar-refractivity contribution in [1.29, 1.82) is 0 Å². The SMILES string of the molecule is CC(=O)c1ccc(Nc2ccc(F)c(F)c2F)cc1N. The van der Waals surface area contributed by atoms with Gasteiger partial charge in [0.2, 0.25) is 0 Å². The zero-order valence-electron chi connectivity index (χ0n) is 10.5. The molecule has 0 aliphatic rings. The number of ketones is 1. The van der Waals surface area contributed by atoms with Gasteiger partial charge in [-0.05, 0) is 37.3 Å². The quantitative estimate of drug-likeness (QED) is 0.513. The summed E-state index contributed by atoms with van der Waals surface area (Å²) in [6.07, 6.45) is 0. The molecule has 0 amide bonds. The van der Waals surface area contributed by atoms with Crippen LogP contribution >= 0.6 is 0 Å². The minimum atomic E-state index is -1.55. The lowest BCUT2D eigenvalue weighted by Gasteiger charge is -2.10. The van der Waals surface area contributed by atoms with Gasteiger partial charge < -0.3 is 11.1 Å². The van der Waals surface area contributed by atoms with E-state index in [1.807, 2.05) is 0 Å². The highest BCUT2D eigenvalue weighted by atomic mass is 19.2. The summed E-state index contributed by atoms with van der Waals surface area (Å²) in [6.45, 7) is 1.37. The monoisotopic (exact) mass is 280 g/mol. The average molecular weight is 280 g/mol. The first kappa shape index (κ1) is 13.9. The maximum absolute atomic E-state index is 13.5. The fourth-order valence-electron chi connectivity index (χ4n) is 1.74. The summed E-state index contributed by atoms with van der Waals surface area (Å²) in [7, 11) is 0. The van der Waals surface area contributed by atoms with E-state index in [4.69, 9.17) is 5.73 Å². The Bertz CT molecular complexity index is 686. The smallest absolute Gasteiger partial charge is 0.196 e. The maximum atomic E-state index is 13.5. The van der Waals surface area contributed by atoms with E-state index < -0.39 is 17.5 Å². The molecule has 0 unspecified atom stereocenters. The van der Waals surface area contributed by atoms with Gasteiger partial charge in [0, 0.05) is 16.9 Å². The molecule has 2 rings (SSSR count). The fourth-order valence-corrected chi connectivity index (χ4v) is 1.74. The van der Waals surface area contributed by atoms with Crippen molar-refractivity contribution in [2.75, 3.05) is 11.1 Å². The van der Waals surface area contributed by atoms with Gasteiger partial charge in [-0.15, -0.1) is 0 Å². The lowest BCUT2D eigenvalue weighted by molar-refractivity contribution is 0.101. The zero-order chi connectivity index (χ0) is 14.9. The number of benzene rings is 2. The second-order valence-corrected chi connectivity index (χ2v) is 4.21. The molecular weight excluding hydrogens is 269 g/mol. The standard InChI is InChI=1S/C14H11F3N2O/c1-7(20)9-3-2-8(6-11(9)18)19-12-5-4-10(15)13(16)14(12)17/h2-6,19H,18H2,1H3. The van der Waals surface area contributed by atoms with Crippen LogP contribution < -0.4 is 11.1 Å². The average Bonchev–Trinajstić information content (AvgIpc) is 2.39. The highest BCUT2D eigenvalue weighted by Gasteiger charge is 2.14. The molecule has 20 heavy (non-hydrogen) atoms. The van der Waals surface area contributed by atoms with E-state index in [2.05, 4.69) is 5.32 Å². The molecule has 0 fully saturated rings. The summed E-state index contributed by atoms with van der Waals surface area (Å²) in [6, 6.07) is 6.26. The molecule has 0 aliphatic heterocycles. The number of halogens is 3. The van der Waals surface area contributed by atoms with Crippen LogP contribution in [0.1, 0.15) is 17.3 Å². The van der Waals surface area contributed by atoms with Crippen LogP contribution in [0.25, 0.3) is 0 Å². The number of hydrogen-bond donors (Lipinski definition) is 2. The molecule has 0 saturated carbocycles. The van der Waals surface area contributed by atoms with Crippen molar-refractivity contribution in [3.05, 3.63) is 53.3 Å². The van der Waals surface area contributed by atoms with Crippen LogP contribution in [0.4, 0.5) is 30.2 Å². The van der Waals surface area contributed by atoms with Gasteiger partial charge in [-0.1, -0.05) is 0 Å². The van der Waals surface area contributed by atoms with E-state index >= 15 is 0 Å². The van der Waals surface area contributed by atoms with E-state index in [0.717, 1.165) is 12.1 Å². The number of carbonyl (C=O) groups excluding carboxylic acids is 1. The van der Waals surface area contributed by atoms with E-state index in [1.54, 1.807) is 0 Å². The summed E-state index contributed by atoms with van der Waals surface area (Å²) in [5, 5.41) is 2.57. The molecule has 0 radical (unpaired) electrons. The minimum Gasteiger partial charge on any atom is -0.398 e. The summed E-state index contributed by atoms with van der Waals surface area (Å²) < 4.78 is 39.4. The van der Waals surface area contributed by atoms with E-state index in [0.29, 0.717) is 11.3 Å². The van der Waals surface area contributed by atoms with E-state index in [-0.39, 0.29) is 17.2 Å². The van der Waals surface area contributed by atoms with Crippen molar-refractivity contribution in [3.8, 4) is 0 Å². The van der Waals surface area contributed by atoms with Crippen molar-refractivity contribution in [1.82, 2.24) is 0 Å². The lowest BCUT2D eigenvalue weighted by Crippen LogP contribution is -2.02. The highest BCUT2D eigenvalue weighted by molar-refractivity contribution is 5.99. The van der Waals surface area contributed by atoms with Gasteiger partial charge in [0.1, 0.15) is 0 Å². The summed E-state index contributed by atoms with van der Waals surface area (Å²) >= 11 is 0. The van der Waals surface area contributed by atoms with Crippen LogP contribution in [-0.2, 0) is 0 Å². The third kappa shape index (κ3) is 2.59. The predicted molar refractivity (Wildman–Crippen MR) is 70.5 cm³/mol. The summed E-state index contributed by atoms with van der Waals surface area (Å²) in [4.78, 5) is 11.2. The largest absolute Gasteiger partial charge is 0.398 e. The first-order valence-electron chi connectivity index (χ1n) is 5.71. The number of anilines is 3. The van der Waals surface area contributed by atoms with Crippen molar-refractivity contribution in [2.45, 2.75) is 6.92 Å². The van der Waals surface area contributed by atoms with Crippen molar-refractivity contribution >= 4 is 22.8 Å². The third-order valence-corrected chi connectivity index (χ3v) is 2.75. The molecule has 0 bridgehead atoms. The first-order valence-corrected chi connectivity index (χ1v) is 5.71. The predicted octanol–water partition coefficient (Wildman–Crippen LogP) is 3.63. The molecule has 2 aromatic carbocycles. The molecule has 0 aliphatic carbocycles. The molecule has 3 N–H and O–H groups in total. The van der Waals surface area contributed by atoms with Crippen LogP contribution in [0.3, 0.4) is 0 Å². The van der Waals surface area contributed by atoms with Crippen LogP contribution in [0, 0.1) is 17.5 Å². The number of rotatable bonds is 3. The summed E-state index contributed by atoms with van der Waals surface area (Å²) in [5.74, 6) is -4.34. The number of nitrogens with two attached hydrogens (primary N) is 1. The number of hydrogen-bond acceptors (Lipinski definition) is 3. The second-order valence-electron chi connectivity index (χ2n) is 4.21. The van der Waals surface area contributed by atoms with Crippen molar-refractivity contribution in [3.63, 3.8) is 0 Å². The van der Waals surface area contributed by atoms with Crippen molar-refractivity contribution in [2.24, 2.45) is 0 Å². The molecule has 3 nitrogen and oxygen atoms in total. The molecule has 0 aromatic heterocycles. The summed E-state index contributed by atoms with van der Waals surface area (Å²) in [5.41, 5.74) is 6.36. The number of carbonyl (C=O) groups is 1. The van der Waals surface area contributed by atoms with Gasteiger partial charge >= 0.3 is 0 Å². The maximum Gasteiger partial charge on any atom is 0.196 e. The second kappa shape index (κ2) is 5.24. The molecule has 0 atom stereocenters. The molecule has 0 heterocycles. The third-order valence-electron chi connectivity index (χ3n) is 2.75. The van der Waals surface area contributed by atoms with Gasteiger partial charge in [0.25, 0.3) is 0 Å². The molecule has 104 valence electrons. The zero-order valence-corrected chi connectivity index (χ0v) is 10.5.